The van der Waals surface area contributed by atoms with Gasteiger partial charge in [-0.05, 0) is 36.5 Å². The smallest absolute Gasteiger partial charge is 0.303 e. The molecule has 1 fully saturated rings. The third-order valence-electron chi connectivity index (χ3n) is 4.68. The predicted molar refractivity (Wildman–Crippen MR) is 102 cm³/mol. The molecule has 1 heterocycles. The molecule has 0 aliphatic carbocycles. The van der Waals surface area contributed by atoms with Crippen molar-refractivity contribution in [2.24, 2.45) is 5.92 Å². The summed E-state index contributed by atoms with van der Waals surface area (Å²) in [6.45, 7) is 6.76. The van der Waals surface area contributed by atoms with Crippen molar-refractivity contribution in [1.82, 2.24) is 10.2 Å². The highest BCUT2D eigenvalue weighted by atomic mass is 16.2. The van der Waals surface area contributed by atoms with Gasteiger partial charge in [0, 0.05) is 6.54 Å². The molecule has 2 rings (SSSR count). The second kappa shape index (κ2) is 9.21. The second-order valence-corrected chi connectivity index (χ2v) is 6.56. The van der Waals surface area contributed by atoms with Crippen LogP contribution in [0.2, 0.25) is 0 Å². The highest BCUT2D eigenvalue weighted by Crippen LogP contribution is 2.19. The Balaban J connectivity index is 2.07. The maximum absolute atomic E-state index is 12.5. The van der Waals surface area contributed by atoms with Gasteiger partial charge in [-0.2, -0.15) is 0 Å². The highest BCUT2D eigenvalue weighted by molar-refractivity contribution is 6.11. The van der Waals surface area contributed by atoms with Gasteiger partial charge < -0.3 is 5.32 Å². The van der Waals surface area contributed by atoms with Crippen LogP contribution in [0, 0.1) is 5.92 Å². The van der Waals surface area contributed by atoms with Crippen LogP contribution < -0.4 is 5.32 Å². The molecule has 1 N–H and O–H groups in total. The number of unbranched alkanes of at least 4 members (excludes halogenated alkanes) is 1. The summed E-state index contributed by atoms with van der Waals surface area (Å²) in [7, 11) is 0. The minimum Gasteiger partial charge on any atom is -0.303 e. The number of amides is 3. The molecule has 4 heteroatoms. The zero-order valence-corrected chi connectivity index (χ0v) is 15.4. The summed E-state index contributed by atoms with van der Waals surface area (Å²) in [4.78, 5) is 26.1. The molecule has 1 aromatic carbocycles. The molecule has 0 radical (unpaired) electrons. The lowest BCUT2D eigenvalue weighted by atomic mass is 9.99. The summed E-state index contributed by atoms with van der Waals surface area (Å²) in [5.74, 6) is 0.146. The summed E-state index contributed by atoms with van der Waals surface area (Å²) in [6, 6.07) is 9.65. The monoisotopic (exact) mass is 340 g/mol. The molecule has 25 heavy (non-hydrogen) atoms. The summed E-state index contributed by atoms with van der Waals surface area (Å²) < 4.78 is 0. The standard InChI is InChI=1S/C21H28N2O2/c1-4-6-10-17(5-2)15-23-20(24)19(22-21(23)25)14-13-16(3)18-11-8-7-9-12-18/h7-9,11-14,17H,4-6,10,15H2,1-3H3,(H,22,25). The van der Waals surface area contributed by atoms with Gasteiger partial charge in [-0.25, -0.2) is 4.79 Å². The molecular formula is C21H28N2O2. The summed E-state index contributed by atoms with van der Waals surface area (Å²) in [5, 5.41) is 2.70. The number of benzene rings is 1. The lowest BCUT2D eigenvalue weighted by molar-refractivity contribution is -0.123. The van der Waals surface area contributed by atoms with E-state index in [2.05, 4.69) is 19.2 Å². The quantitative estimate of drug-likeness (QED) is 0.549. The van der Waals surface area contributed by atoms with E-state index in [4.69, 9.17) is 0 Å². The first-order valence-corrected chi connectivity index (χ1v) is 9.13. The van der Waals surface area contributed by atoms with E-state index in [9.17, 15) is 9.59 Å². The van der Waals surface area contributed by atoms with Gasteiger partial charge in [-0.1, -0.05) is 69.5 Å². The van der Waals surface area contributed by atoms with Crippen molar-refractivity contribution in [3.63, 3.8) is 0 Å². The molecule has 1 atom stereocenters. The van der Waals surface area contributed by atoms with Crippen molar-refractivity contribution in [1.29, 1.82) is 0 Å². The van der Waals surface area contributed by atoms with E-state index in [0.717, 1.165) is 36.8 Å². The van der Waals surface area contributed by atoms with Crippen molar-refractivity contribution in [3.8, 4) is 0 Å². The fourth-order valence-corrected chi connectivity index (χ4v) is 2.93. The first kappa shape index (κ1) is 19.0. The predicted octanol–water partition coefficient (Wildman–Crippen LogP) is 4.74. The van der Waals surface area contributed by atoms with Crippen LogP contribution in [-0.2, 0) is 4.79 Å². The van der Waals surface area contributed by atoms with Crippen molar-refractivity contribution in [3.05, 3.63) is 53.7 Å². The molecule has 3 amide bonds. The molecule has 1 aliphatic heterocycles. The van der Waals surface area contributed by atoms with Gasteiger partial charge >= 0.3 is 6.03 Å². The molecule has 4 nitrogen and oxygen atoms in total. The van der Waals surface area contributed by atoms with E-state index < -0.39 is 0 Å². The van der Waals surface area contributed by atoms with Crippen LogP contribution in [0.15, 0.2) is 48.2 Å². The highest BCUT2D eigenvalue weighted by Gasteiger charge is 2.34. The Morgan fingerprint density at radius 2 is 1.92 bits per heavy atom. The maximum atomic E-state index is 12.5. The van der Waals surface area contributed by atoms with Gasteiger partial charge in [0.1, 0.15) is 5.70 Å². The Morgan fingerprint density at radius 3 is 2.56 bits per heavy atom. The summed E-state index contributed by atoms with van der Waals surface area (Å²) >= 11 is 0. The number of hydrogen-bond donors (Lipinski definition) is 1. The third-order valence-corrected chi connectivity index (χ3v) is 4.68. The average molecular weight is 340 g/mol. The lowest BCUT2D eigenvalue weighted by Crippen LogP contribution is -2.35. The van der Waals surface area contributed by atoms with E-state index in [1.165, 1.54) is 4.90 Å². The van der Waals surface area contributed by atoms with Crippen LogP contribution in [0.5, 0.6) is 0 Å². The first-order valence-electron chi connectivity index (χ1n) is 9.13. The third kappa shape index (κ3) is 5.05. The molecule has 1 aromatic rings. The number of nitrogens with one attached hydrogen (secondary N) is 1. The van der Waals surface area contributed by atoms with Gasteiger partial charge in [0.2, 0.25) is 0 Å². The van der Waals surface area contributed by atoms with Crippen LogP contribution in [-0.4, -0.2) is 23.4 Å². The van der Waals surface area contributed by atoms with Crippen LogP contribution >= 0.6 is 0 Å². The largest absolute Gasteiger partial charge is 0.329 e. The van der Waals surface area contributed by atoms with Crippen LogP contribution in [0.1, 0.15) is 52.0 Å². The Bertz CT molecular complexity index is 662. The molecule has 0 saturated carbocycles. The van der Waals surface area contributed by atoms with Gasteiger partial charge in [-0.15, -0.1) is 0 Å². The van der Waals surface area contributed by atoms with Crippen molar-refractivity contribution in [2.45, 2.75) is 46.5 Å². The Kier molecular flexibility index (Phi) is 6.99. The first-order chi connectivity index (χ1) is 12.1. The minimum absolute atomic E-state index is 0.225. The number of nitrogens with zero attached hydrogens (tertiary/aromatic N) is 1. The zero-order chi connectivity index (χ0) is 18.2. The van der Waals surface area contributed by atoms with Gasteiger partial charge in [0.05, 0.1) is 0 Å². The maximum Gasteiger partial charge on any atom is 0.329 e. The van der Waals surface area contributed by atoms with Gasteiger partial charge in [0.15, 0.2) is 0 Å². The molecule has 1 saturated heterocycles. The number of imide groups is 1. The van der Waals surface area contributed by atoms with E-state index >= 15 is 0 Å². The van der Waals surface area contributed by atoms with E-state index in [0.29, 0.717) is 18.2 Å². The van der Waals surface area contributed by atoms with Crippen LogP contribution in [0.25, 0.3) is 5.57 Å². The van der Waals surface area contributed by atoms with Gasteiger partial charge in [-0.3, -0.25) is 9.69 Å². The normalized spacial score (nSPS) is 18.0. The summed E-state index contributed by atoms with van der Waals surface area (Å²) in [5.41, 5.74) is 2.49. The van der Waals surface area contributed by atoms with E-state index in [1.807, 2.05) is 43.3 Å². The zero-order valence-electron chi connectivity index (χ0n) is 15.4. The molecular weight excluding hydrogens is 312 g/mol. The van der Waals surface area contributed by atoms with Crippen molar-refractivity contribution >= 4 is 17.5 Å². The number of carbonyl (C=O) groups excluding carboxylic acids is 2. The molecule has 134 valence electrons. The minimum atomic E-state index is -0.308. The second-order valence-electron chi connectivity index (χ2n) is 6.56. The fraction of sp³-hybridized carbons (Fsp3) is 0.429. The average Bonchev–Trinajstić information content (AvgIpc) is 2.90. The Hall–Kier alpha value is -2.36. The Labute approximate surface area is 150 Å². The molecule has 0 aromatic heterocycles. The number of hydrogen-bond acceptors (Lipinski definition) is 2. The van der Waals surface area contributed by atoms with Crippen LogP contribution in [0.4, 0.5) is 4.79 Å². The number of carbonyl (C=O) groups is 2. The van der Waals surface area contributed by atoms with Crippen molar-refractivity contribution < 1.29 is 9.59 Å². The van der Waals surface area contributed by atoms with Crippen molar-refractivity contribution in [2.75, 3.05) is 6.54 Å². The number of allylic oxidation sites excluding steroid dienone is 3. The van der Waals surface area contributed by atoms with E-state index in [-0.39, 0.29) is 11.9 Å². The van der Waals surface area contributed by atoms with Gasteiger partial charge in [0.25, 0.3) is 5.91 Å². The van der Waals surface area contributed by atoms with E-state index in [1.54, 1.807) is 6.08 Å². The molecule has 1 aliphatic rings. The Morgan fingerprint density at radius 1 is 1.20 bits per heavy atom. The topological polar surface area (TPSA) is 49.4 Å². The summed E-state index contributed by atoms with van der Waals surface area (Å²) in [6.07, 6.45) is 7.87. The lowest BCUT2D eigenvalue weighted by Gasteiger charge is -2.19. The SMILES string of the molecule is CCCCC(CC)CN1C(=O)NC(=CC=C(C)c2ccccc2)C1=O. The molecule has 0 spiro atoms. The number of urea groups is 1. The molecule has 0 bridgehead atoms. The van der Waals surface area contributed by atoms with Crippen LogP contribution in [0.3, 0.4) is 0 Å². The number of rotatable bonds is 8. The molecule has 1 unspecified atom stereocenters. The fourth-order valence-electron chi connectivity index (χ4n) is 2.93.